The normalized spacial score (nSPS) is 16.2. The van der Waals surface area contributed by atoms with Crippen molar-refractivity contribution in [1.82, 2.24) is 0 Å². The van der Waals surface area contributed by atoms with E-state index in [-0.39, 0.29) is 5.91 Å². The summed E-state index contributed by atoms with van der Waals surface area (Å²) in [5.41, 5.74) is 1.04. The van der Waals surface area contributed by atoms with Crippen molar-refractivity contribution in [2.24, 2.45) is 0 Å². The van der Waals surface area contributed by atoms with Gasteiger partial charge in [0.25, 0.3) is 5.91 Å². The lowest BCUT2D eigenvalue weighted by Crippen LogP contribution is -2.58. The van der Waals surface area contributed by atoms with E-state index in [1.165, 1.54) is 4.90 Å². The van der Waals surface area contributed by atoms with Crippen LogP contribution in [0.4, 0.5) is 5.69 Å². The summed E-state index contributed by atoms with van der Waals surface area (Å²) in [6.45, 7) is 1.96. The number of aryl methyl sites for hydroxylation is 1. The molecule has 0 radical (unpaired) electrons. The molecule has 2 aromatic carbocycles. The minimum Gasteiger partial charge on any atom is -0.479 e. The van der Waals surface area contributed by atoms with Gasteiger partial charge in [0, 0.05) is 11.3 Å². The van der Waals surface area contributed by atoms with Crippen LogP contribution in [0.5, 0.6) is 0 Å². The number of para-hydroxylation sites is 1. The molecule has 0 atom stereocenters. The Morgan fingerprint density at radius 1 is 0.920 bits per heavy atom. The van der Waals surface area contributed by atoms with E-state index in [1.807, 2.05) is 49.4 Å². The summed E-state index contributed by atoms with van der Waals surface area (Å²) in [7, 11) is 0. The van der Waals surface area contributed by atoms with Crippen LogP contribution < -0.4 is 4.90 Å². The number of rotatable bonds is 4. The Morgan fingerprint density at radius 2 is 1.52 bits per heavy atom. The van der Waals surface area contributed by atoms with Gasteiger partial charge >= 0.3 is 5.97 Å². The van der Waals surface area contributed by atoms with E-state index in [2.05, 4.69) is 0 Å². The van der Waals surface area contributed by atoms with Crippen molar-refractivity contribution in [3.05, 3.63) is 65.7 Å². The third-order valence-electron chi connectivity index (χ3n) is 5.02. The second-order valence-electron chi connectivity index (χ2n) is 6.74. The number of carbonyl (C=O) groups excluding carboxylic acids is 1. The number of nitrogens with zero attached hydrogens (tertiary/aromatic N) is 1. The van der Waals surface area contributed by atoms with Gasteiger partial charge in [-0.05, 0) is 44.0 Å². The highest BCUT2D eigenvalue weighted by atomic mass is 16.4. The lowest BCUT2D eigenvalue weighted by molar-refractivity contribution is -0.144. The summed E-state index contributed by atoms with van der Waals surface area (Å²) in [4.78, 5) is 27.1. The van der Waals surface area contributed by atoms with Crippen LogP contribution >= 0.6 is 0 Å². The summed E-state index contributed by atoms with van der Waals surface area (Å²) in [5, 5.41) is 10.1. The zero-order valence-electron chi connectivity index (χ0n) is 14.4. The molecule has 130 valence electrons. The Bertz CT molecular complexity index is 746. The van der Waals surface area contributed by atoms with Gasteiger partial charge in [-0.3, -0.25) is 9.69 Å². The number of carboxylic acids is 1. The Morgan fingerprint density at radius 3 is 2.08 bits per heavy atom. The monoisotopic (exact) mass is 337 g/mol. The first-order chi connectivity index (χ1) is 12.0. The highest BCUT2D eigenvalue weighted by molar-refractivity contribution is 6.10. The number of carboxylic acid groups (broad SMARTS) is 1. The fraction of sp³-hybridized carbons (Fsp3) is 0.333. The lowest BCUT2D eigenvalue weighted by atomic mass is 9.79. The Balaban J connectivity index is 2.11. The van der Waals surface area contributed by atoms with Crippen molar-refractivity contribution < 1.29 is 14.7 Å². The zero-order valence-corrected chi connectivity index (χ0v) is 14.4. The molecular weight excluding hydrogens is 314 g/mol. The minimum atomic E-state index is -1.18. The first-order valence-electron chi connectivity index (χ1n) is 8.74. The number of aliphatic carboxylic acids is 1. The van der Waals surface area contributed by atoms with Crippen LogP contribution in [0.3, 0.4) is 0 Å². The lowest BCUT2D eigenvalue weighted by Gasteiger charge is -2.43. The summed E-state index contributed by atoms with van der Waals surface area (Å²) < 4.78 is 0. The highest BCUT2D eigenvalue weighted by Gasteiger charge is 2.48. The SMILES string of the molecule is Cc1ccc(C(=O)N(c2ccccc2)C2(C(=O)O)CCCCC2)cc1. The first-order valence-corrected chi connectivity index (χ1v) is 8.74. The van der Waals surface area contributed by atoms with E-state index < -0.39 is 11.5 Å². The van der Waals surface area contributed by atoms with Crippen molar-refractivity contribution in [2.75, 3.05) is 4.90 Å². The largest absolute Gasteiger partial charge is 0.479 e. The van der Waals surface area contributed by atoms with Crippen molar-refractivity contribution >= 4 is 17.6 Å². The standard InChI is InChI=1S/C21H23NO3/c1-16-10-12-17(13-11-16)19(23)22(18-8-4-2-5-9-18)21(20(24)25)14-6-3-7-15-21/h2,4-5,8-13H,3,6-7,14-15H2,1H3,(H,24,25). The topological polar surface area (TPSA) is 57.6 Å². The molecule has 0 bridgehead atoms. The van der Waals surface area contributed by atoms with E-state index in [0.29, 0.717) is 24.1 Å². The van der Waals surface area contributed by atoms with E-state index in [9.17, 15) is 14.7 Å². The maximum atomic E-state index is 13.3. The Hall–Kier alpha value is -2.62. The molecule has 2 aromatic rings. The van der Waals surface area contributed by atoms with Gasteiger partial charge in [-0.2, -0.15) is 0 Å². The van der Waals surface area contributed by atoms with Crippen LogP contribution in [0.15, 0.2) is 54.6 Å². The molecule has 1 saturated carbocycles. The van der Waals surface area contributed by atoms with Gasteiger partial charge in [-0.15, -0.1) is 0 Å². The quantitative estimate of drug-likeness (QED) is 0.898. The number of hydrogen-bond acceptors (Lipinski definition) is 2. The summed E-state index contributed by atoms with van der Waals surface area (Å²) >= 11 is 0. The maximum Gasteiger partial charge on any atom is 0.330 e. The fourth-order valence-electron chi connectivity index (χ4n) is 3.63. The van der Waals surface area contributed by atoms with E-state index in [4.69, 9.17) is 0 Å². The van der Waals surface area contributed by atoms with Crippen LogP contribution in [0, 0.1) is 6.92 Å². The van der Waals surface area contributed by atoms with Crippen LogP contribution in [-0.4, -0.2) is 22.5 Å². The van der Waals surface area contributed by atoms with Gasteiger partial charge < -0.3 is 5.11 Å². The molecule has 4 nitrogen and oxygen atoms in total. The van der Waals surface area contributed by atoms with Crippen LogP contribution in [0.25, 0.3) is 0 Å². The number of anilines is 1. The molecule has 1 aliphatic rings. The minimum absolute atomic E-state index is 0.254. The molecule has 1 aliphatic carbocycles. The number of hydrogen-bond donors (Lipinski definition) is 1. The molecule has 1 N–H and O–H groups in total. The second-order valence-corrected chi connectivity index (χ2v) is 6.74. The van der Waals surface area contributed by atoms with Crippen molar-refractivity contribution in [1.29, 1.82) is 0 Å². The molecule has 0 spiro atoms. The molecule has 25 heavy (non-hydrogen) atoms. The van der Waals surface area contributed by atoms with E-state index in [0.717, 1.165) is 24.8 Å². The number of carbonyl (C=O) groups is 2. The van der Waals surface area contributed by atoms with Crippen molar-refractivity contribution in [3.8, 4) is 0 Å². The van der Waals surface area contributed by atoms with Gasteiger partial charge in [0.2, 0.25) is 0 Å². The van der Waals surface area contributed by atoms with Crippen molar-refractivity contribution in [3.63, 3.8) is 0 Å². The highest BCUT2D eigenvalue weighted by Crippen LogP contribution is 2.38. The predicted octanol–water partition coefficient (Wildman–Crippen LogP) is 4.43. The smallest absolute Gasteiger partial charge is 0.330 e. The first kappa shape index (κ1) is 17.2. The molecule has 4 heteroatoms. The van der Waals surface area contributed by atoms with Gasteiger partial charge in [0.15, 0.2) is 0 Å². The van der Waals surface area contributed by atoms with Gasteiger partial charge in [-0.1, -0.05) is 55.2 Å². The molecule has 1 amide bonds. The summed E-state index contributed by atoms with van der Waals surface area (Å²) in [6.07, 6.45) is 3.60. The maximum absolute atomic E-state index is 13.3. The average molecular weight is 337 g/mol. The predicted molar refractivity (Wildman–Crippen MR) is 97.9 cm³/mol. The van der Waals surface area contributed by atoms with Gasteiger partial charge in [0.05, 0.1) is 0 Å². The second kappa shape index (κ2) is 7.09. The Kier molecular flexibility index (Phi) is 4.88. The summed E-state index contributed by atoms with van der Waals surface area (Å²) in [5.74, 6) is -1.17. The third-order valence-corrected chi connectivity index (χ3v) is 5.02. The third kappa shape index (κ3) is 3.29. The molecule has 0 heterocycles. The number of benzene rings is 2. The molecular formula is C21H23NO3. The average Bonchev–Trinajstić information content (AvgIpc) is 2.64. The van der Waals surface area contributed by atoms with Crippen LogP contribution in [-0.2, 0) is 4.79 Å². The van der Waals surface area contributed by atoms with Gasteiger partial charge in [-0.25, -0.2) is 4.79 Å². The Labute approximate surface area is 148 Å². The van der Waals surface area contributed by atoms with Crippen LogP contribution in [0.1, 0.15) is 48.0 Å². The molecule has 0 saturated heterocycles. The van der Waals surface area contributed by atoms with Gasteiger partial charge in [0.1, 0.15) is 5.54 Å². The molecule has 0 aliphatic heterocycles. The number of amides is 1. The molecule has 0 aromatic heterocycles. The molecule has 1 fully saturated rings. The van der Waals surface area contributed by atoms with Crippen molar-refractivity contribution in [2.45, 2.75) is 44.6 Å². The van der Waals surface area contributed by atoms with Crippen LogP contribution in [0.2, 0.25) is 0 Å². The molecule has 0 unspecified atom stereocenters. The zero-order chi connectivity index (χ0) is 17.9. The molecule has 3 rings (SSSR count). The van der Waals surface area contributed by atoms with E-state index in [1.54, 1.807) is 12.1 Å². The van der Waals surface area contributed by atoms with E-state index >= 15 is 0 Å². The fourth-order valence-corrected chi connectivity index (χ4v) is 3.63. The summed E-state index contributed by atoms with van der Waals surface area (Å²) in [6, 6.07) is 16.5.